The zero-order valence-corrected chi connectivity index (χ0v) is 36.2. The molecule has 0 unspecified atom stereocenters. The summed E-state index contributed by atoms with van der Waals surface area (Å²) in [5.74, 6) is -2.90. The van der Waals surface area contributed by atoms with Crippen molar-refractivity contribution in [3.05, 3.63) is 137 Å². The molecular formula is C46H41F6N5NiO5. The van der Waals surface area contributed by atoms with Gasteiger partial charge >= 0.3 is 34.8 Å². The van der Waals surface area contributed by atoms with Crippen LogP contribution < -0.4 is 26.3 Å². The molecule has 0 aliphatic carbocycles. The van der Waals surface area contributed by atoms with E-state index < -0.39 is 64.8 Å². The number of aromatic nitrogens is 1. The average molecular weight is 917 g/mol. The fourth-order valence-electron chi connectivity index (χ4n) is 8.78. The third-order valence-corrected chi connectivity index (χ3v) is 12.0. The van der Waals surface area contributed by atoms with Crippen LogP contribution in [0, 0.1) is 11.8 Å². The number of methoxy groups -OCH3 is 1. The van der Waals surface area contributed by atoms with Crippen molar-refractivity contribution >= 4 is 34.4 Å². The van der Waals surface area contributed by atoms with Crippen molar-refractivity contribution in [2.75, 3.05) is 7.11 Å². The second-order valence-corrected chi connectivity index (χ2v) is 15.6. The summed E-state index contributed by atoms with van der Waals surface area (Å²) in [6, 6.07) is 0.916. The first-order valence-electron chi connectivity index (χ1n) is 20.0. The SMILES string of the molecule is CCC1=C(C)C2=NC1=CC1=C(C)c3c([O-])n(Cc4cc(C(F)(F)F)cc(C(F)(F)F)c4)c(=O)c(c3=N1)=C1N=C(/C(=C/C=C/[O-])C3=NC(=C2)C(CC)=C3C)[C@@H](C)[C@@H]1CCC(=O)OC.[Ni+2]. The fraction of sp³-hybridized carbons (Fsp3) is 0.348. The molecule has 0 fully saturated rings. The number of benzene rings is 1. The average Bonchev–Trinajstić information content (AvgIpc) is 3.91. The quantitative estimate of drug-likeness (QED) is 0.120. The van der Waals surface area contributed by atoms with Crippen LogP contribution in [0.2, 0.25) is 0 Å². The second-order valence-electron chi connectivity index (χ2n) is 15.6. The zero-order chi connectivity index (χ0) is 45.2. The van der Waals surface area contributed by atoms with E-state index in [4.69, 9.17) is 24.7 Å². The van der Waals surface area contributed by atoms with E-state index in [1.807, 2.05) is 40.7 Å². The van der Waals surface area contributed by atoms with Crippen LogP contribution in [0.25, 0.3) is 11.3 Å². The summed E-state index contributed by atoms with van der Waals surface area (Å²) in [6.45, 7) is 10.2. The molecule has 6 heterocycles. The van der Waals surface area contributed by atoms with Crippen LogP contribution in [0.3, 0.4) is 0 Å². The van der Waals surface area contributed by atoms with Gasteiger partial charge in [-0.05, 0) is 110 Å². The van der Waals surface area contributed by atoms with Gasteiger partial charge in [0.2, 0.25) is 0 Å². The summed E-state index contributed by atoms with van der Waals surface area (Å²) in [7, 11) is 1.22. The number of alkyl halides is 6. The van der Waals surface area contributed by atoms with Gasteiger partial charge in [-0.25, -0.2) is 15.0 Å². The maximum atomic E-state index is 15.0. The van der Waals surface area contributed by atoms with Crippen LogP contribution in [-0.2, 0) is 44.9 Å². The van der Waals surface area contributed by atoms with Gasteiger partial charge in [-0.15, -0.1) is 6.26 Å². The number of nitrogens with zero attached hydrogens (tertiary/aromatic N) is 5. The number of fused-ring (bicyclic) bond motifs is 4. The first kappa shape index (κ1) is 46.7. The van der Waals surface area contributed by atoms with Crippen LogP contribution in [-0.4, -0.2) is 34.8 Å². The number of allylic oxidation sites excluding steroid dienone is 10. The Morgan fingerprint density at radius 2 is 1.51 bits per heavy atom. The predicted octanol–water partition coefficient (Wildman–Crippen LogP) is 7.08. The molecule has 0 radical (unpaired) electrons. The van der Waals surface area contributed by atoms with Crippen molar-refractivity contribution < 1.29 is 62.6 Å². The number of carbonyl (C=O) groups is 1. The Morgan fingerprint density at radius 3 is 2.10 bits per heavy atom. The molecule has 1 aromatic heterocycles. The second kappa shape index (κ2) is 17.4. The van der Waals surface area contributed by atoms with Crippen molar-refractivity contribution in [1.82, 2.24) is 4.57 Å². The molecule has 0 saturated carbocycles. The van der Waals surface area contributed by atoms with Gasteiger partial charge < -0.3 is 19.5 Å². The van der Waals surface area contributed by atoms with E-state index in [2.05, 4.69) is 0 Å². The topological polar surface area (TPSA) is 144 Å². The zero-order valence-electron chi connectivity index (χ0n) is 35.2. The minimum atomic E-state index is -5.19. The van der Waals surface area contributed by atoms with Gasteiger partial charge in [0.25, 0.3) is 5.56 Å². The normalized spacial score (nSPS) is 20.3. The fourth-order valence-corrected chi connectivity index (χ4v) is 8.78. The molecule has 2 aromatic rings. The van der Waals surface area contributed by atoms with Crippen molar-refractivity contribution in [3.63, 3.8) is 0 Å². The molecule has 2 atom stereocenters. The van der Waals surface area contributed by atoms with E-state index in [1.165, 1.54) is 13.2 Å². The molecule has 17 heteroatoms. The minimum absolute atomic E-state index is 0. The number of esters is 1. The largest absolute Gasteiger partial charge is 2.00 e. The van der Waals surface area contributed by atoms with Gasteiger partial charge in [0, 0.05) is 29.4 Å². The summed E-state index contributed by atoms with van der Waals surface area (Å²) in [4.78, 5) is 47.7. The first-order chi connectivity index (χ1) is 29.2. The summed E-state index contributed by atoms with van der Waals surface area (Å²) in [5.41, 5.74) is 2.21. The molecule has 0 saturated heterocycles. The molecule has 332 valence electrons. The molecule has 0 spiro atoms. The van der Waals surface area contributed by atoms with E-state index in [1.54, 1.807) is 19.1 Å². The standard InChI is InChI=1S/C46H43F6N5O5.Ni/c1-8-28-21(3)32-18-35-29(9-2)22(4)39(55-35)31(11-10-14-58)40-23(5)30(12-13-36(59)62-7)41(56-40)38-42-37(24(6)33(54-42)19-34(28)53-32)43(60)57(44(38)61)20-25-15-26(45(47,48)49)17-27(16-25)46(50,51)52;/h10-11,14-19,23,30,58,60H,8-9,12-13,20H2,1-7H3;/q;+2/p-2/b14-10+,31-11+,34-19?,35-18?,41-38?;/t23-,30-;/m0./s1. The summed E-state index contributed by atoms with van der Waals surface area (Å²) >= 11 is 0. The van der Waals surface area contributed by atoms with E-state index in [-0.39, 0.29) is 68.5 Å². The monoisotopic (exact) mass is 915 g/mol. The summed E-state index contributed by atoms with van der Waals surface area (Å²) < 4.78 is 89.6. The molecule has 5 aliphatic heterocycles. The number of rotatable bonds is 8. The number of pyridine rings is 1. The van der Waals surface area contributed by atoms with Crippen LogP contribution in [0.15, 0.2) is 118 Å². The van der Waals surface area contributed by atoms with Crippen LogP contribution in [0.1, 0.15) is 89.5 Å². The van der Waals surface area contributed by atoms with Gasteiger partial charge in [0.1, 0.15) is 0 Å². The Morgan fingerprint density at radius 1 is 0.889 bits per heavy atom. The van der Waals surface area contributed by atoms with E-state index >= 15 is 4.79 Å². The Hall–Kier alpha value is -5.83. The number of hydrogen-bond donors (Lipinski definition) is 0. The number of ether oxygens (including phenoxy) is 1. The van der Waals surface area contributed by atoms with E-state index in [0.717, 1.165) is 22.3 Å². The molecular weight excluding hydrogens is 875 g/mol. The predicted molar refractivity (Wildman–Crippen MR) is 218 cm³/mol. The molecule has 10 nitrogen and oxygen atoms in total. The maximum Gasteiger partial charge on any atom is 2.00 e. The summed E-state index contributed by atoms with van der Waals surface area (Å²) in [6.07, 6.45) is -2.31. The van der Waals surface area contributed by atoms with Crippen molar-refractivity contribution in [1.29, 1.82) is 0 Å². The van der Waals surface area contributed by atoms with Crippen LogP contribution in [0.4, 0.5) is 26.3 Å². The minimum Gasteiger partial charge on any atom is -0.878 e. The van der Waals surface area contributed by atoms with E-state index in [9.17, 15) is 41.4 Å². The summed E-state index contributed by atoms with van der Waals surface area (Å²) in [5, 5.41) is 26.2. The van der Waals surface area contributed by atoms with Gasteiger partial charge in [0.15, 0.2) is 0 Å². The molecule has 0 N–H and O–H groups in total. The Balaban J connectivity index is 0.00000661. The third kappa shape index (κ3) is 8.27. The molecule has 8 bridgehead atoms. The van der Waals surface area contributed by atoms with Crippen LogP contribution >= 0.6 is 0 Å². The number of aliphatic imine (C=N–C) groups is 3. The van der Waals surface area contributed by atoms with Gasteiger partial charge in [0.05, 0.1) is 75.3 Å². The number of carbonyl (C=O) groups excluding carboxylic acids is 1. The molecule has 7 rings (SSSR count). The molecule has 0 amide bonds. The smallest absolute Gasteiger partial charge is 0.878 e. The van der Waals surface area contributed by atoms with Gasteiger partial charge in [-0.3, -0.25) is 14.6 Å². The Labute approximate surface area is 368 Å². The van der Waals surface area contributed by atoms with Crippen molar-refractivity contribution in [2.24, 2.45) is 31.8 Å². The molecule has 1 aromatic carbocycles. The third-order valence-electron chi connectivity index (χ3n) is 12.0. The molecule has 5 aliphatic rings. The van der Waals surface area contributed by atoms with E-state index in [0.29, 0.717) is 69.9 Å². The first-order valence-corrected chi connectivity index (χ1v) is 20.0. The Kier molecular flexibility index (Phi) is 12.9. The van der Waals surface area contributed by atoms with Crippen molar-refractivity contribution in [3.8, 4) is 5.88 Å². The molecule has 63 heavy (non-hydrogen) atoms. The number of halogens is 6. The maximum absolute atomic E-state index is 15.0. The van der Waals surface area contributed by atoms with Crippen molar-refractivity contribution in [2.45, 2.75) is 86.1 Å². The Bertz CT molecular complexity index is 2830. The van der Waals surface area contributed by atoms with Gasteiger partial charge in [-0.2, -0.15) is 26.3 Å². The number of hydrogen-bond acceptors (Lipinski definition) is 9. The van der Waals surface area contributed by atoms with Crippen LogP contribution in [0.5, 0.6) is 5.88 Å². The van der Waals surface area contributed by atoms with Gasteiger partial charge in [-0.1, -0.05) is 32.9 Å².